The Hall–Kier alpha value is 0.1000. The van der Waals surface area contributed by atoms with Crippen LogP contribution in [0.4, 0.5) is 0 Å². The van der Waals surface area contributed by atoms with Gasteiger partial charge in [-0.1, -0.05) is 0 Å². The number of hydrogen-bond acceptors (Lipinski definition) is 3. The molecular formula is C11H18BrNOS. The lowest BCUT2D eigenvalue weighted by Crippen LogP contribution is -2.45. The molecule has 0 spiro atoms. The Morgan fingerprint density at radius 1 is 1.47 bits per heavy atom. The number of hydrogen-bond donors (Lipinski definition) is 1. The zero-order valence-corrected chi connectivity index (χ0v) is 11.9. The highest BCUT2D eigenvalue weighted by molar-refractivity contribution is 9.11. The number of halogens is 1. The Balaban J connectivity index is 2.44. The largest absolute Gasteiger partial charge is 0.394 e. The van der Waals surface area contributed by atoms with Crippen LogP contribution in [0, 0.1) is 0 Å². The molecule has 15 heavy (non-hydrogen) atoms. The highest BCUT2D eigenvalue weighted by atomic mass is 79.9. The summed E-state index contributed by atoms with van der Waals surface area (Å²) < 4.78 is 1.18. The second kappa shape index (κ2) is 5.43. The third-order valence-corrected chi connectivity index (χ3v) is 4.43. The average Bonchev–Trinajstić information content (AvgIpc) is 2.60. The molecule has 0 fully saturated rings. The highest BCUT2D eigenvalue weighted by Gasteiger charge is 2.21. The van der Waals surface area contributed by atoms with Crippen LogP contribution in [0.1, 0.15) is 18.7 Å². The molecule has 0 bridgehead atoms. The van der Waals surface area contributed by atoms with Gasteiger partial charge in [0, 0.05) is 17.0 Å². The van der Waals surface area contributed by atoms with Gasteiger partial charge in [0.05, 0.1) is 10.4 Å². The highest BCUT2D eigenvalue weighted by Crippen LogP contribution is 2.23. The lowest BCUT2D eigenvalue weighted by atomic mass is 10.1. The van der Waals surface area contributed by atoms with Crippen molar-refractivity contribution in [2.75, 3.05) is 20.2 Å². The van der Waals surface area contributed by atoms with Crippen molar-refractivity contribution in [1.29, 1.82) is 0 Å². The number of likely N-dealkylation sites (N-methyl/N-ethyl adjacent to an activating group) is 1. The van der Waals surface area contributed by atoms with E-state index in [0.29, 0.717) is 0 Å². The molecule has 1 aromatic rings. The average molecular weight is 292 g/mol. The molecule has 0 saturated carbocycles. The zero-order chi connectivity index (χ0) is 11.5. The Bertz CT molecular complexity index is 311. The molecule has 86 valence electrons. The fourth-order valence-electron chi connectivity index (χ4n) is 1.19. The maximum Gasteiger partial charge on any atom is 0.0701 e. The van der Waals surface area contributed by atoms with Crippen LogP contribution in [-0.4, -0.2) is 35.7 Å². The number of rotatable bonds is 5. The Labute approximate surface area is 104 Å². The lowest BCUT2D eigenvalue weighted by molar-refractivity contribution is 0.0802. The summed E-state index contributed by atoms with van der Waals surface area (Å²) in [6.45, 7) is 5.27. The standard InChI is InChI=1S/C11H18BrNOS/c1-11(2,8-14)13(3)7-6-9-4-5-10(12)15-9/h4-5,14H,6-8H2,1-3H3. The van der Waals surface area contributed by atoms with E-state index >= 15 is 0 Å². The first-order valence-electron chi connectivity index (χ1n) is 5.02. The van der Waals surface area contributed by atoms with Gasteiger partial charge in [0.1, 0.15) is 0 Å². The summed E-state index contributed by atoms with van der Waals surface area (Å²) in [7, 11) is 2.05. The fourth-order valence-corrected chi connectivity index (χ4v) is 2.66. The molecule has 0 unspecified atom stereocenters. The number of nitrogens with zero attached hydrogens (tertiary/aromatic N) is 1. The van der Waals surface area contributed by atoms with Crippen molar-refractivity contribution in [3.05, 3.63) is 20.8 Å². The van der Waals surface area contributed by atoms with E-state index in [2.05, 4.69) is 53.9 Å². The summed E-state index contributed by atoms with van der Waals surface area (Å²) >= 11 is 5.23. The van der Waals surface area contributed by atoms with Crippen molar-refractivity contribution < 1.29 is 5.11 Å². The lowest BCUT2D eigenvalue weighted by Gasteiger charge is -2.33. The van der Waals surface area contributed by atoms with Crippen LogP contribution in [0.5, 0.6) is 0 Å². The summed E-state index contributed by atoms with van der Waals surface area (Å²) in [5.74, 6) is 0. The zero-order valence-electron chi connectivity index (χ0n) is 9.46. The molecule has 0 atom stereocenters. The van der Waals surface area contributed by atoms with Crippen molar-refractivity contribution >= 4 is 27.3 Å². The van der Waals surface area contributed by atoms with Crippen LogP contribution in [0.15, 0.2) is 15.9 Å². The molecule has 1 N–H and O–H groups in total. The van der Waals surface area contributed by atoms with Gasteiger partial charge in [-0.15, -0.1) is 11.3 Å². The van der Waals surface area contributed by atoms with E-state index in [1.807, 2.05) is 0 Å². The van der Waals surface area contributed by atoms with Gasteiger partial charge in [-0.2, -0.15) is 0 Å². The minimum atomic E-state index is -0.130. The van der Waals surface area contributed by atoms with E-state index in [4.69, 9.17) is 0 Å². The van der Waals surface area contributed by atoms with Gasteiger partial charge in [-0.3, -0.25) is 4.90 Å². The van der Waals surface area contributed by atoms with Crippen molar-refractivity contribution in [3.63, 3.8) is 0 Å². The van der Waals surface area contributed by atoms with Gasteiger partial charge in [0.2, 0.25) is 0 Å². The van der Waals surface area contributed by atoms with E-state index in [-0.39, 0.29) is 12.1 Å². The minimum Gasteiger partial charge on any atom is -0.394 e. The van der Waals surface area contributed by atoms with E-state index in [1.165, 1.54) is 8.66 Å². The van der Waals surface area contributed by atoms with Gasteiger partial charge in [-0.25, -0.2) is 0 Å². The second-order valence-electron chi connectivity index (χ2n) is 4.35. The van der Waals surface area contributed by atoms with Gasteiger partial charge in [0.25, 0.3) is 0 Å². The van der Waals surface area contributed by atoms with E-state index in [0.717, 1.165) is 13.0 Å². The summed E-state index contributed by atoms with van der Waals surface area (Å²) in [5, 5.41) is 9.22. The Morgan fingerprint density at radius 3 is 2.60 bits per heavy atom. The second-order valence-corrected chi connectivity index (χ2v) is 6.90. The van der Waals surface area contributed by atoms with E-state index < -0.39 is 0 Å². The SMILES string of the molecule is CN(CCc1ccc(Br)s1)C(C)(C)CO. The van der Waals surface area contributed by atoms with Crippen molar-refractivity contribution in [1.82, 2.24) is 4.90 Å². The van der Waals surface area contributed by atoms with Crippen LogP contribution >= 0.6 is 27.3 Å². The van der Waals surface area contributed by atoms with Gasteiger partial charge in [0.15, 0.2) is 0 Å². The molecule has 1 aromatic heterocycles. The molecule has 0 aromatic carbocycles. The van der Waals surface area contributed by atoms with Crippen LogP contribution < -0.4 is 0 Å². The molecule has 1 rings (SSSR count). The molecule has 1 heterocycles. The first-order chi connectivity index (χ1) is 6.95. The molecule has 4 heteroatoms. The maximum atomic E-state index is 9.22. The number of aliphatic hydroxyl groups excluding tert-OH is 1. The molecule has 0 aliphatic carbocycles. The monoisotopic (exact) mass is 291 g/mol. The molecular weight excluding hydrogens is 274 g/mol. The van der Waals surface area contributed by atoms with Crippen LogP contribution in [0.2, 0.25) is 0 Å². The van der Waals surface area contributed by atoms with Crippen molar-refractivity contribution in [3.8, 4) is 0 Å². The summed E-state index contributed by atoms with van der Waals surface area (Å²) in [5.41, 5.74) is -0.130. The maximum absolute atomic E-state index is 9.22. The van der Waals surface area contributed by atoms with Gasteiger partial charge in [-0.05, 0) is 55.4 Å². The predicted octanol–water partition coefficient (Wildman–Crippen LogP) is 2.76. The van der Waals surface area contributed by atoms with E-state index in [1.54, 1.807) is 11.3 Å². The summed E-state index contributed by atoms with van der Waals surface area (Å²) in [6, 6.07) is 4.23. The first kappa shape index (κ1) is 13.2. The summed E-state index contributed by atoms with van der Waals surface area (Å²) in [6.07, 6.45) is 1.04. The number of thiophene rings is 1. The van der Waals surface area contributed by atoms with Gasteiger partial charge < -0.3 is 5.11 Å². The van der Waals surface area contributed by atoms with E-state index in [9.17, 15) is 5.11 Å². The molecule has 2 nitrogen and oxygen atoms in total. The van der Waals surface area contributed by atoms with Gasteiger partial charge >= 0.3 is 0 Å². The smallest absolute Gasteiger partial charge is 0.0701 e. The molecule has 0 aliphatic rings. The van der Waals surface area contributed by atoms with Crippen LogP contribution in [-0.2, 0) is 6.42 Å². The predicted molar refractivity (Wildman–Crippen MR) is 69.5 cm³/mol. The molecule has 0 amide bonds. The normalized spacial score (nSPS) is 12.4. The minimum absolute atomic E-state index is 0.130. The third kappa shape index (κ3) is 3.87. The Morgan fingerprint density at radius 2 is 2.13 bits per heavy atom. The molecule has 0 saturated heterocycles. The van der Waals surface area contributed by atoms with Crippen molar-refractivity contribution in [2.24, 2.45) is 0 Å². The Kier molecular flexibility index (Phi) is 4.77. The third-order valence-electron chi connectivity index (χ3n) is 2.74. The quantitative estimate of drug-likeness (QED) is 0.902. The first-order valence-corrected chi connectivity index (χ1v) is 6.63. The summed E-state index contributed by atoms with van der Waals surface area (Å²) in [4.78, 5) is 3.57. The topological polar surface area (TPSA) is 23.5 Å². The number of aliphatic hydroxyl groups is 1. The molecule has 0 radical (unpaired) electrons. The fraction of sp³-hybridized carbons (Fsp3) is 0.636. The molecule has 0 aliphatic heterocycles. The van der Waals surface area contributed by atoms with Crippen LogP contribution in [0.3, 0.4) is 0 Å². The van der Waals surface area contributed by atoms with Crippen molar-refractivity contribution in [2.45, 2.75) is 25.8 Å². The van der Waals surface area contributed by atoms with Crippen LogP contribution in [0.25, 0.3) is 0 Å².